The molecule has 3 aliphatic rings. The third kappa shape index (κ3) is 4.46. The zero-order valence-electron chi connectivity index (χ0n) is 21.7. The van der Waals surface area contributed by atoms with E-state index in [9.17, 15) is 19.5 Å². The highest BCUT2D eigenvalue weighted by Gasteiger charge is 2.75. The number of carbonyl (C=O) groups excluding carboxylic acids is 3. The molecule has 6 rings (SSSR count). The second-order valence-corrected chi connectivity index (χ2v) is 11.1. The van der Waals surface area contributed by atoms with Crippen LogP contribution in [0.25, 0.3) is 0 Å². The molecule has 3 aliphatic heterocycles. The number of likely N-dealkylation sites (tertiary alicyclic amines) is 1. The smallest absolute Gasteiger partial charge is 0.250 e. The van der Waals surface area contributed by atoms with Crippen LogP contribution in [0.1, 0.15) is 18.4 Å². The molecule has 2 bridgehead atoms. The van der Waals surface area contributed by atoms with E-state index >= 15 is 0 Å². The Kier molecular flexibility index (Phi) is 7.08. The lowest BCUT2D eigenvalue weighted by molar-refractivity contribution is -0.143. The van der Waals surface area contributed by atoms with Gasteiger partial charge < -0.3 is 25.4 Å². The molecule has 2 unspecified atom stereocenters. The first-order chi connectivity index (χ1) is 19.4. The lowest BCUT2D eigenvalue weighted by Crippen LogP contribution is -2.56. The van der Waals surface area contributed by atoms with E-state index in [0.29, 0.717) is 35.7 Å². The molecule has 9 heteroatoms. The van der Waals surface area contributed by atoms with E-state index in [2.05, 4.69) is 10.6 Å². The fourth-order valence-corrected chi connectivity index (χ4v) is 6.91. The SMILES string of the molecule is O=C(Nc1ccccc1Cl)C1N([C@@H](CO)Cc2ccccc2)C(=O)[C@@H]2[C@@H](C(=O)Nc3ccccc3)[C@H]3CCC12O3. The number of fused-ring (bicyclic) bond motifs is 1. The van der Waals surface area contributed by atoms with Crippen LogP contribution >= 0.6 is 11.6 Å². The summed E-state index contributed by atoms with van der Waals surface area (Å²) >= 11 is 6.35. The average molecular weight is 560 g/mol. The number of hydrogen-bond acceptors (Lipinski definition) is 5. The third-order valence-electron chi connectivity index (χ3n) is 8.38. The molecule has 0 aromatic heterocycles. The number of carbonyl (C=O) groups is 3. The number of anilines is 2. The molecule has 8 nitrogen and oxygen atoms in total. The molecular formula is C31H30ClN3O5. The Hall–Kier alpha value is -3.72. The Labute approximate surface area is 237 Å². The lowest BCUT2D eigenvalue weighted by Gasteiger charge is -2.36. The van der Waals surface area contributed by atoms with Crippen molar-refractivity contribution in [2.75, 3.05) is 17.2 Å². The van der Waals surface area contributed by atoms with Crippen LogP contribution in [-0.4, -0.2) is 58.1 Å². The molecule has 3 amide bonds. The molecule has 3 saturated heterocycles. The highest BCUT2D eigenvalue weighted by molar-refractivity contribution is 6.33. The summed E-state index contributed by atoms with van der Waals surface area (Å²) in [6, 6.07) is 23.7. The van der Waals surface area contributed by atoms with Gasteiger partial charge in [-0.3, -0.25) is 14.4 Å². The van der Waals surface area contributed by atoms with Crippen LogP contribution in [0.4, 0.5) is 11.4 Å². The van der Waals surface area contributed by atoms with Crippen LogP contribution in [0.3, 0.4) is 0 Å². The van der Waals surface area contributed by atoms with Crippen LogP contribution < -0.4 is 10.6 Å². The minimum atomic E-state index is -1.20. The standard InChI is InChI=1S/C31H30ClN3O5/c32-22-13-7-8-14-23(22)34-29(38)27-31-16-15-24(40-31)25(28(37)33-20-11-5-2-6-12-20)26(31)30(39)35(27)21(18-36)17-19-9-3-1-4-10-19/h1-14,21,24-27,36H,15-18H2,(H,33,37)(H,34,38)/t21-,24-,25+,26+,27?,31?/m1/s1. The van der Waals surface area contributed by atoms with Crippen LogP contribution in [-0.2, 0) is 25.5 Å². The summed E-state index contributed by atoms with van der Waals surface area (Å²) in [6.07, 6.45) is 0.843. The maximum absolute atomic E-state index is 14.3. The van der Waals surface area contributed by atoms with E-state index in [0.717, 1.165) is 5.56 Å². The number of amides is 3. The van der Waals surface area contributed by atoms with Gasteiger partial charge in [0, 0.05) is 5.69 Å². The minimum absolute atomic E-state index is 0.313. The molecule has 3 aromatic rings. The van der Waals surface area contributed by atoms with Gasteiger partial charge >= 0.3 is 0 Å². The Balaban J connectivity index is 1.38. The van der Waals surface area contributed by atoms with Gasteiger partial charge in [0.05, 0.1) is 41.3 Å². The molecule has 3 N–H and O–H groups in total. The highest BCUT2D eigenvalue weighted by atomic mass is 35.5. The van der Waals surface area contributed by atoms with Gasteiger partial charge in [0.15, 0.2) is 0 Å². The van der Waals surface area contributed by atoms with Crippen molar-refractivity contribution < 1.29 is 24.2 Å². The summed E-state index contributed by atoms with van der Waals surface area (Å²) in [5, 5.41) is 16.7. The van der Waals surface area contributed by atoms with Crippen molar-refractivity contribution in [1.82, 2.24) is 4.90 Å². The number of aliphatic hydroxyl groups is 1. The van der Waals surface area contributed by atoms with Gasteiger partial charge in [0.2, 0.25) is 17.7 Å². The van der Waals surface area contributed by atoms with Crippen molar-refractivity contribution in [3.05, 3.63) is 95.5 Å². The number of para-hydroxylation sites is 2. The van der Waals surface area contributed by atoms with Gasteiger partial charge in [-0.25, -0.2) is 0 Å². The van der Waals surface area contributed by atoms with Gasteiger partial charge in [0.1, 0.15) is 11.6 Å². The first kappa shape index (κ1) is 26.5. The van der Waals surface area contributed by atoms with Crippen molar-refractivity contribution in [2.24, 2.45) is 11.8 Å². The van der Waals surface area contributed by atoms with Crippen molar-refractivity contribution in [1.29, 1.82) is 0 Å². The highest BCUT2D eigenvalue weighted by Crippen LogP contribution is 2.59. The quantitative estimate of drug-likeness (QED) is 0.388. The first-order valence-electron chi connectivity index (χ1n) is 13.5. The fourth-order valence-electron chi connectivity index (χ4n) is 6.73. The number of benzene rings is 3. The third-order valence-corrected chi connectivity index (χ3v) is 8.71. The molecule has 3 aromatic carbocycles. The summed E-state index contributed by atoms with van der Waals surface area (Å²) in [4.78, 5) is 43.5. The first-order valence-corrected chi connectivity index (χ1v) is 13.9. The molecular weight excluding hydrogens is 530 g/mol. The fraction of sp³-hybridized carbons (Fsp3) is 0.323. The van der Waals surface area contributed by atoms with Crippen molar-refractivity contribution in [3.63, 3.8) is 0 Å². The molecule has 3 heterocycles. The summed E-state index contributed by atoms with van der Waals surface area (Å²) in [5.74, 6) is -2.75. The summed E-state index contributed by atoms with van der Waals surface area (Å²) in [5.41, 5.74) is 0.751. The monoisotopic (exact) mass is 559 g/mol. The second-order valence-electron chi connectivity index (χ2n) is 10.7. The van der Waals surface area contributed by atoms with Crippen LogP contribution in [0.15, 0.2) is 84.9 Å². The number of aliphatic hydroxyl groups excluding tert-OH is 1. The summed E-state index contributed by atoms with van der Waals surface area (Å²) in [6.45, 7) is -0.358. The van der Waals surface area contributed by atoms with E-state index in [1.165, 1.54) is 4.90 Å². The van der Waals surface area contributed by atoms with E-state index < -0.39 is 41.5 Å². The summed E-state index contributed by atoms with van der Waals surface area (Å²) in [7, 11) is 0. The van der Waals surface area contributed by atoms with E-state index in [1.807, 2.05) is 48.5 Å². The van der Waals surface area contributed by atoms with Gasteiger partial charge in [-0.15, -0.1) is 0 Å². The Morgan fingerprint density at radius 1 is 0.975 bits per heavy atom. The predicted molar refractivity (Wildman–Crippen MR) is 151 cm³/mol. The number of nitrogens with zero attached hydrogens (tertiary/aromatic N) is 1. The van der Waals surface area contributed by atoms with Crippen molar-refractivity contribution in [3.8, 4) is 0 Å². The van der Waals surface area contributed by atoms with Gasteiger partial charge in [-0.2, -0.15) is 0 Å². The predicted octanol–water partition coefficient (Wildman–Crippen LogP) is 3.90. The van der Waals surface area contributed by atoms with E-state index in [4.69, 9.17) is 16.3 Å². The van der Waals surface area contributed by atoms with Gasteiger partial charge in [0.25, 0.3) is 0 Å². The maximum atomic E-state index is 14.3. The average Bonchev–Trinajstić information content (AvgIpc) is 3.61. The van der Waals surface area contributed by atoms with Gasteiger partial charge in [-0.05, 0) is 49.1 Å². The van der Waals surface area contributed by atoms with E-state index in [-0.39, 0.29) is 18.4 Å². The molecule has 206 valence electrons. The zero-order valence-corrected chi connectivity index (χ0v) is 22.5. The summed E-state index contributed by atoms with van der Waals surface area (Å²) < 4.78 is 6.50. The lowest BCUT2D eigenvalue weighted by atomic mass is 9.70. The normalized spacial score (nSPS) is 27.4. The minimum Gasteiger partial charge on any atom is -0.394 e. The Bertz CT molecular complexity index is 1420. The topological polar surface area (TPSA) is 108 Å². The number of ether oxygens (including phenoxy) is 1. The number of nitrogens with one attached hydrogen (secondary N) is 2. The van der Waals surface area contributed by atoms with Gasteiger partial charge in [-0.1, -0.05) is 72.3 Å². The largest absolute Gasteiger partial charge is 0.394 e. The number of hydrogen-bond donors (Lipinski definition) is 3. The van der Waals surface area contributed by atoms with Crippen LogP contribution in [0.2, 0.25) is 5.02 Å². The van der Waals surface area contributed by atoms with Crippen molar-refractivity contribution >= 4 is 40.7 Å². The maximum Gasteiger partial charge on any atom is 0.250 e. The Morgan fingerprint density at radius 2 is 1.65 bits per heavy atom. The molecule has 0 aliphatic carbocycles. The molecule has 3 fully saturated rings. The van der Waals surface area contributed by atoms with E-state index in [1.54, 1.807) is 36.4 Å². The molecule has 6 atom stereocenters. The number of halogens is 1. The Morgan fingerprint density at radius 3 is 2.35 bits per heavy atom. The molecule has 1 spiro atoms. The van der Waals surface area contributed by atoms with Crippen molar-refractivity contribution in [2.45, 2.75) is 43.1 Å². The van der Waals surface area contributed by atoms with Crippen LogP contribution in [0.5, 0.6) is 0 Å². The second kappa shape index (κ2) is 10.7. The number of rotatable bonds is 8. The zero-order chi connectivity index (χ0) is 27.9. The molecule has 0 radical (unpaired) electrons. The molecule has 40 heavy (non-hydrogen) atoms. The van der Waals surface area contributed by atoms with Crippen LogP contribution in [0, 0.1) is 11.8 Å². The molecule has 0 saturated carbocycles.